The van der Waals surface area contributed by atoms with Crippen LogP contribution >= 0.6 is 11.3 Å². The SMILES string of the molecule is COc1cc2c(OC3CCCN(C(=O)OC(C)(C)C)C3)c(C(=O)Nc3nn[nH]n3)sc2cc1C. The van der Waals surface area contributed by atoms with Crippen molar-refractivity contribution in [3.05, 3.63) is 22.6 Å². The molecule has 1 aliphatic heterocycles. The molecule has 1 unspecified atom stereocenters. The molecule has 0 saturated carbocycles. The van der Waals surface area contributed by atoms with Gasteiger partial charge in [0.2, 0.25) is 0 Å². The fourth-order valence-corrected chi connectivity index (χ4v) is 4.87. The Kier molecular flexibility index (Phi) is 6.60. The molecule has 34 heavy (non-hydrogen) atoms. The third kappa shape index (κ3) is 5.22. The third-order valence-electron chi connectivity index (χ3n) is 5.25. The summed E-state index contributed by atoms with van der Waals surface area (Å²) < 4.78 is 18.3. The molecule has 3 heterocycles. The van der Waals surface area contributed by atoms with E-state index in [9.17, 15) is 9.59 Å². The molecule has 182 valence electrons. The average Bonchev–Trinajstić information content (AvgIpc) is 3.40. The first-order valence-corrected chi connectivity index (χ1v) is 11.8. The first kappa shape index (κ1) is 23.7. The van der Waals surface area contributed by atoms with Crippen LogP contribution in [-0.2, 0) is 4.74 Å². The Labute approximate surface area is 200 Å². The fourth-order valence-electron chi connectivity index (χ4n) is 3.75. The number of carbonyl (C=O) groups excluding carboxylic acids is 2. The highest BCUT2D eigenvalue weighted by molar-refractivity contribution is 7.21. The number of aryl methyl sites for hydroxylation is 1. The summed E-state index contributed by atoms with van der Waals surface area (Å²) in [5.74, 6) is 0.791. The van der Waals surface area contributed by atoms with Crippen LogP contribution in [0.2, 0.25) is 0 Å². The molecule has 2 N–H and O–H groups in total. The summed E-state index contributed by atoms with van der Waals surface area (Å²) in [7, 11) is 1.60. The van der Waals surface area contributed by atoms with Crippen LogP contribution in [0.25, 0.3) is 10.1 Å². The maximum atomic E-state index is 13.1. The van der Waals surface area contributed by atoms with Crippen LogP contribution in [0.5, 0.6) is 11.5 Å². The van der Waals surface area contributed by atoms with Crippen LogP contribution in [0.3, 0.4) is 0 Å². The first-order valence-electron chi connectivity index (χ1n) is 10.9. The highest BCUT2D eigenvalue weighted by atomic mass is 32.1. The van der Waals surface area contributed by atoms with Crippen LogP contribution in [0.4, 0.5) is 10.7 Å². The number of rotatable bonds is 5. The van der Waals surface area contributed by atoms with E-state index in [1.807, 2.05) is 39.8 Å². The average molecular weight is 489 g/mol. The van der Waals surface area contributed by atoms with E-state index in [2.05, 4.69) is 25.9 Å². The van der Waals surface area contributed by atoms with Gasteiger partial charge in [-0.15, -0.1) is 16.4 Å². The van der Waals surface area contributed by atoms with Crippen LogP contribution in [0.15, 0.2) is 12.1 Å². The summed E-state index contributed by atoms with van der Waals surface area (Å²) in [4.78, 5) is 27.7. The maximum absolute atomic E-state index is 13.1. The summed E-state index contributed by atoms with van der Waals surface area (Å²) in [5.41, 5.74) is 0.366. The number of H-pyrrole nitrogens is 1. The molecule has 0 radical (unpaired) electrons. The van der Waals surface area contributed by atoms with Gasteiger partial charge in [0.05, 0.1) is 13.7 Å². The Morgan fingerprint density at radius 1 is 1.29 bits per heavy atom. The first-order chi connectivity index (χ1) is 16.1. The molecule has 1 atom stereocenters. The van der Waals surface area contributed by atoms with Crippen molar-refractivity contribution in [1.29, 1.82) is 0 Å². The number of piperidine rings is 1. The molecule has 2 aromatic heterocycles. The molecule has 1 aliphatic rings. The number of ether oxygens (including phenoxy) is 3. The van der Waals surface area contributed by atoms with Crippen molar-refractivity contribution in [2.24, 2.45) is 0 Å². The number of likely N-dealkylation sites (tertiary alicyclic amines) is 1. The van der Waals surface area contributed by atoms with Crippen LogP contribution in [0.1, 0.15) is 48.8 Å². The number of aromatic nitrogens is 4. The lowest BCUT2D eigenvalue weighted by Crippen LogP contribution is -2.46. The van der Waals surface area contributed by atoms with E-state index in [1.165, 1.54) is 11.3 Å². The van der Waals surface area contributed by atoms with Crippen molar-refractivity contribution in [3.63, 3.8) is 0 Å². The highest BCUT2D eigenvalue weighted by Gasteiger charge is 2.31. The van der Waals surface area contributed by atoms with Crippen LogP contribution in [-0.4, -0.2) is 69.4 Å². The van der Waals surface area contributed by atoms with E-state index in [1.54, 1.807) is 12.0 Å². The van der Waals surface area contributed by atoms with Gasteiger partial charge < -0.3 is 19.1 Å². The summed E-state index contributed by atoms with van der Waals surface area (Å²) in [6, 6.07) is 3.83. The Hall–Kier alpha value is -3.41. The number of thiophene rings is 1. The number of fused-ring (bicyclic) bond motifs is 1. The predicted octanol–water partition coefficient (Wildman–Crippen LogP) is 3.76. The van der Waals surface area contributed by atoms with Crippen molar-refractivity contribution >= 4 is 39.4 Å². The number of hydrogen-bond donors (Lipinski definition) is 2. The summed E-state index contributed by atoms with van der Waals surface area (Å²) in [5, 5.41) is 16.7. The molecule has 4 rings (SSSR count). The Bertz CT molecular complexity index is 1190. The monoisotopic (exact) mass is 488 g/mol. The lowest BCUT2D eigenvalue weighted by molar-refractivity contribution is 0.00787. The minimum Gasteiger partial charge on any atom is -0.496 e. The number of anilines is 1. The number of nitrogens with one attached hydrogen (secondary N) is 2. The second-order valence-electron chi connectivity index (χ2n) is 9.08. The number of aromatic amines is 1. The van der Waals surface area contributed by atoms with Crippen molar-refractivity contribution in [2.45, 2.75) is 52.2 Å². The summed E-state index contributed by atoms with van der Waals surface area (Å²) >= 11 is 1.31. The lowest BCUT2D eigenvalue weighted by atomic mass is 10.1. The predicted molar refractivity (Wildman–Crippen MR) is 127 cm³/mol. The van der Waals surface area contributed by atoms with Gasteiger partial charge in [-0.2, -0.15) is 5.21 Å². The van der Waals surface area contributed by atoms with Gasteiger partial charge >= 0.3 is 6.09 Å². The van der Waals surface area contributed by atoms with Gasteiger partial charge in [-0.3, -0.25) is 10.1 Å². The molecule has 3 aromatic rings. The van der Waals surface area contributed by atoms with Crippen molar-refractivity contribution in [3.8, 4) is 11.5 Å². The number of tetrazole rings is 1. The van der Waals surface area contributed by atoms with E-state index in [4.69, 9.17) is 14.2 Å². The molecule has 11 nitrogen and oxygen atoms in total. The van der Waals surface area contributed by atoms with Gasteiger partial charge in [0.25, 0.3) is 11.9 Å². The van der Waals surface area contributed by atoms with Crippen molar-refractivity contribution in [2.75, 3.05) is 25.5 Å². The topological polar surface area (TPSA) is 132 Å². The van der Waals surface area contributed by atoms with Gasteiger partial charge in [0.15, 0.2) is 5.75 Å². The number of hydrogen-bond acceptors (Lipinski definition) is 9. The zero-order valence-corrected chi connectivity index (χ0v) is 20.6. The summed E-state index contributed by atoms with van der Waals surface area (Å²) in [6.07, 6.45) is 0.830. The van der Waals surface area contributed by atoms with Crippen LogP contribution < -0.4 is 14.8 Å². The second kappa shape index (κ2) is 9.45. The van der Waals surface area contributed by atoms with E-state index in [-0.39, 0.29) is 18.1 Å². The Balaban J connectivity index is 1.64. The molecule has 12 heteroatoms. The fraction of sp³-hybridized carbons (Fsp3) is 0.500. The van der Waals surface area contributed by atoms with Crippen molar-refractivity contribution in [1.82, 2.24) is 25.5 Å². The number of methoxy groups -OCH3 is 1. The Morgan fingerprint density at radius 3 is 2.76 bits per heavy atom. The molecular formula is C22H28N6O5S. The second-order valence-corrected chi connectivity index (χ2v) is 10.1. The van der Waals surface area contributed by atoms with Gasteiger partial charge in [0, 0.05) is 16.6 Å². The molecule has 2 amide bonds. The van der Waals surface area contributed by atoms with Gasteiger partial charge in [-0.05, 0) is 63.4 Å². The minimum absolute atomic E-state index is 0.0657. The molecule has 1 aromatic carbocycles. The smallest absolute Gasteiger partial charge is 0.410 e. The number of amides is 2. The number of benzene rings is 1. The van der Waals surface area contributed by atoms with Crippen LogP contribution in [0, 0.1) is 6.92 Å². The maximum Gasteiger partial charge on any atom is 0.410 e. The van der Waals surface area contributed by atoms with E-state index >= 15 is 0 Å². The van der Waals surface area contributed by atoms with Gasteiger partial charge in [-0.1, -0.05) is 5.10 Å². The standard InChI is InChI=1S/C22H28N6O5S/c1-12-9-16-14(10-15(12)31-5)17(18(34-16)19(29)23-20-24-26-27-25-20)32-13-7-6-8-28(11-13)21(30)33-22(2,3)4/h9-10,13H,6-8,11H2,1-5H3,(H2,23,24,25,26,27,29). The lowest BCUT2D eigenvalue weighted by Gasteiger charge is -2.34. The number of carbonyl (C=O) groups is 2. The zero-order valence-electron chi connectivity index (χ0n) is 19.8. The van der Waals surface area contributed by atoms with E-state index in [0.717, 1.165) is 28.5 Å². The van der Waals surface area contributed by atoms with Gasteiger partial charge in [-0.25, -0.2) is 4.79 Å². The highest BCUT2D eigenvalue weighted by Crippen LogP contribution is 2.42. The molecular weight excluding hydrogens is 460 g/mol. The molecule has 1 fully saturated rings. The normalized spacial score (nSPS) is 16.4. The molecule has 0 bridgehead atoms. The largest absolute Gasteiger partial charge is 0.496 e. The molecule has 1 saturated heterocycles. The zero-order chi connectivity index (χ0) is 24.5. The molecule has 0 spiro atoms. The van der Waals surface area contributed by atoms with Crippen molar-refractivity contribution < 1.29 is 23.8 Å². The quantitative estimate of drug-likeness (QED) is 0.555. The minimum atomic E-state index is -0.580. The van der Waals surface area contributed by atoms with E-state index < -0.39 is 11.5 Å². The summed E-state index contributed by atoms with van der Waals surface area (Å²) in [6.45, 7) is 8.41. The number of nitrogens with zero attached hydrogens (tertiary/aromatic N) is 4. The van der Waals surface area contributed by atoms with Gasteiger partial charge in [0.1, 0.15) is 22.3 Å². The molecule has 0 aliphatic carbocycles. The van der Waals surface area contributed by atoms with E-state index in [0.29, 0.717) is 29.5 Å². The Morgan fingerprint density at radius 2 is 2.09 bits per heavy atom. The third-order valence-corrected chi connectivity index (χ3v) is 6.38.